The molecule has 0 amide bonds. The first-order chi connectivity index (χ1) is 11.4. The van der Waals surface area contributed by atoms with Crippen molar-refractivity contribution < 1.29 is 13.2 Å². The smallest absolute Gasteiger partial charge is 0.354 e. The largest absolute Gasteiger partial charge is 0.433 e. The van der Waals surface area contributed by atoms with Crippen LogP contribution in [0.4, 0.5) is 19.0 Å². The minimum Gasteiger partial charge on any atom is -0.354 e. The number of unbranched alkanes of at least 4 members (excludes halogenated alkanes) is 1. The molecule has 1 fully saturated rings. The van der Waals surface area contributed by atoms with Crippen molar-refractivity contribution >= 4 is 17.4 Å². The first-order valence-corrected chi connectivity index (χ1v) is 8.96. The molecule has 0 aromatic carbocycles. The number of rotatable bonds is 7. The minimum atomic E-state index is -4.44. The fraction of sp³-hybridized carbons (Fsp3) is 0.750. The molecular weight excluding hydrogens is 341 g/mol. The summed E-state index contributed by atoms with van der Waals surface area (Å²) in [6, 6.07) is 1.07. The summed E-state index contributed by atoms with van der Waals surface area (Å²) < 4.78 is 39.3. The lowest BCUT2D eigenvalue weighted by Gasteiger charge is -2.35. The van der Waals surface area contributed by atoms with E-state index in [9.17, 15) is 13.2 Å². The van der Waals surface area contributed by atoms with Crippen molar-refractivity contribution in [3.05, 3.63) is 17.6 Å². The molecule has 136 valence electrons. The zero-order valence-electron chi connectivity index (χ0n) is 13.9. The van der Waals surface area contributed by atoms with E-state index in [1.54, 1.807) is 0 Å². The second kappa shape index (κ2) is 8.85. The lowest BCUT2D eigenvalue weighted by atomic mass is 10.2. The molecule has 0 bridgehead atoms. The SMILES string of the molecule is CCCCc1nc(N2CCN(CCCCl)CC2)cc(C(F)(F)F)n1. The van der Waals surface area contributed by atoms with Gasteiger partial charge in [-0.05, 0) is 19.4 Å². The maximum Gasteiger partial charge on any atom is 0.433 e. The van der Waals surface area contributed by atoms with Gasteiger partial charge >= 0.3 is 6.18 Å². The Morgan fingerprint density at radius 1 is 1.12 bits per heavy atom. The number of alkyl halides is 4. The zero-order valence-corrected chi connectivity index (χ0v) is 14.7. The van der Waals surface area contributed by atoms with Gasteiger partial charge in [-0.3, -0.25) is 4.90 Å². The van der Waals surface area contributed by atoms with Crippen LogP contribution in [0.1, 0.15) is 37.7 Å². The van der Waals surface area contributed by atoms with Gasteiger partial charge in [0.05, 0.1) is 0 Å². The van der Waals surface area contributed by atoms with Crippen LogP contribution >= 0.6 is 11.6 Å². The molecule has 0 unspecified atom stereocenters. The van der Waals surface area contributed by atoms with Gasteiger partial charge in [-0.15, -0.1) is 11.6 Å². The number of aromatic nitrogens is 2. The summed E-state index contributed by atoms with van der Waals surface area (Å²) in [5, 5.41) is 0. The molecule has 1 aliphatic rings. The number of piperazine rings is 1. The van der Waals surface area contributed by atoms with E-state index in [0.29, 0.717) is 31.2 Å². The van der Waals surface area contributed by atoms with Crippen LogP contribution in [-0.4, -0.2) is 53.5 Å². The Morgan fingerprint density at radius 2 is 1.83 bits per heavy atom. The Labute approximate surface area is 146 Å². The molecule has 8 heteroatoms. The van der Waals surface area contributed by atoms with Crippen LogP contribution in [-0.2, 0) is 12.6 Å². The summed E-state index contributed by atoms with van der Waals surface area (Å²) in [5.74, 6) is 1.30. The lowest BCUT2D eigenvalue weighted by Crippen LogP contribution is -2.47. The van der Waals surface area contributed by atoms with Crippen LogP contribution in [0.15, 0.2) is 6.07 Å². The zero-order chi connectivity index (χ0) is 17.6. The van der Waals surface area contributed by atoms with Gasteiger partial charge < -0.3 is 4.90 Å². The third kappa shape index (κ3) is 5.48. The normalized spacial score (nSPS) is 16.6. The standard InChI is InChI=1S/C16H24ClF3N4/c1-2-3-5-14-21-13(16(18,19)20)12-15(22-14)24-10-8-23(9-11-24)7-4-6-17/h12H,2-11H2,1H3. The van der Waals surface area contributed by atoms with E-state index >= 15 is 0 Å². The lowest BCUT2D eigenvalue weighted by molar-refractivity contribution is -0.141. The molecule has 24 heavy (non-hydrogen) atoms. The predicted molar refractivity (Wildman–Crippen MR) is 89.6 cm³/mol. The highest BCUT2D eigenvalue weighted by atomic mass is 35.5. The Bertz CT molecular complexity index is 517. The third-order valence-electron chi connectivity index (χ3n) is 4.11. The Hall–Kier alpha value is -1.08. The second-order valence-corrected chi connectivity index (χ2v) is 6.38. The first kappa shape index (κ1) is 19.2. The molecule has 0 saturated carbocycles. The summed E-state index contributed by atoms with van der Waals surface area (Å²) in [6.45, 7) is 5.89. The fourth-order valence-corrected chi connectivity index (χ4v) is 2.84. The Morgan fingerprint density at radius 3 is 2.42 bits per heavy atom. The van der Waals surface area contributed by atoms with Crippen LogP contribution in [0.3, 0.4) is 0 Å². The average Bonchev–Trinajstić information content (AvgIpc) is 2.57. The van der Waals surface area contributed by atoms with Crippen molar-refractivity contribution in [1.82, 2.24) is 14.9 Å². The highest BCUT2D eigenvalue weighted by Gasteiger charge is 2.34. The monoisotopic (exact) mass is 364 g/mol. The van der Waals surface area contributed by atoms with Crippen molar-refractivity contribution in [2.75, 3.05) is 43.5 Å². The minimum absolute atomic E-state index is 0.284. The van der Waals surface area contributed by atoms with Crippen LogP contribution in [0.25, 0.3) is 0 Å². The molecule has 0 spiro atoms. The summed E-state index contributed by atoms with van der Waals surface area (Å²) in [6.07, 6.45) is -1.36. The molecule has 1 aromatic rings. The van der Waals surface area contributed by atoms with Gasteiger partial charge in [-0.2, -0.15) is 13.2 Å². The van der Waals surface area contributed by atoms with Gasteiger partial charge in [0.1, 0.15) is 17.3 Å². The van der Waals surface area contributed by atoms with Gasteiger partial charge in [0.2, 0.25) is 0 Å². The molecule has 1 saturated heterocycles. The van der Waals surface area contributed by atoms with Gasteiger partial charge in [0, 0.05) is 44.5 Å². The van der Waals surface area contributed by atoms with Crippen molar-refractivity contribution in [1.29, 1.82) is 0 Å². The molecule has 4 nitrogen and oxygen atoms in total. The second-order valence-electron chi connectivity index (χ2n) is 6.00. The van der Waals surface area contributed by atoms with E-state index in [4.69, 9.17) is 11.6 Å². The quantitative estimate of drug-likeness (QED) is 0.692. The number of anilines is 1. The van der Waals surface area contributed by atoms with Gasteiger partial charge in [0.15, 0.2) is 0 Å². The maximum absolute atomic E-state index is 13.1. The van der Waals surface area contributed by atoms with Crippen LogP contribution in [0.5, 0.6) is 0 Å². The Kier molecular flexibility index (Phi) is 7.10. The molecule has 2 heterocycles. The highest BCUT2D eigenvalue weighted by molar-refractivity contribution is 6.17. The van der Waals surface area contributed by atoms with Crippen molar-refractivity contribution in [3.63, 3.8) is 0 Å². The first-order valence-electron chi connectivity index (χ1n) is 8.42. The predicted octanol–water partition coefficient (Wildman–Crippen LogP) is 3.59. The number of halogens is 4. The Balaban J connectivity index is 2.11. The molecular formula is C16H24ClF3N4. The average molecular weight is 365 g/mol. The molecule has 1 aromatic heterocycles. The summed E-state index contributed by atoms with van der Waals surface area (Å²) in [7, 11) is 0. The van der Waals surface area contributed by atoms with Crippen LogP contribution in [0.2, 0.25) is 0 Å². The molecule has 1 aliphatic heterocycles. The van der Waals surface area contributed by atoms with Crippen LogP contribution in [0, 0.1) is 0 Å². The summed E-state index contributed by atoms with van der Waals surface area (Å²) >= 11 is 5.70. The van der Waals surface area contributed by atoms with E-state index in [1.807, 2.05) is 11.8 Å². The number of hydrogen-bond acceptors (Lipinski definition) is 4. The van der Waals surface area contributed by atoms with E-state index in [0.717, 1.165) is 45.0 Å². The van der Waals surface area contributed by atoms with E-state index < -0.39 is 11.9 Å². The summed E-state index contributed by atoms with van der Waals surface area (Å²) in [5.41, 5.74) is -0.844. The molecule has 0 aliphatic carbocycles. The third-order valence-corrected chi connectivity index (χ3v) is 4.37. The molecule has 0 N–H and O–H groups in total. The van der Waals surface area contributed by atoms with Crippen molar-refractivity contribution in [2.45, 2.75) is 38.8 Å². The topological polar surface area (TPSA) is 32.3 Å². The number of hydrogen-bond donors (Lipinski definition) is 0. The summed E-state index contributed by atoms with van der Waals surface area (Å²) in [4.78, 5) is 12.3. The van der Waals surface area contributed by atoms with Crippen LogP contribution < -0.4 is 4.90 Å². The molecule has 0 atom stereocenters. The van der Waals surface area contributed by atoms with Gasteiger partial charge in [-0.25, -0.2) is 9.97 Å². The highest BCUT2D eigenvalue weighted by Crippen LogP contribution is 2.30. The van der Waals surface area contributed by atoms with E-state index in [1.165, 1.54) is 0 Å². The molecule has 0 radical (unpaired) electrons. The van der Waals surface area contributed by atoms with Gasteiger partial charge in [0.25, 0.3) is 0 Å². The van der Waals surface area contributed by atoms with Crippen molar-refractivity contribution in [3.8, 4) is 0 Å². The van der Waals surface area contributed by atoms with Crippen molar-refractivity contribution in [2.24, 2.45) is 0 Å². The maximum atomic E-state index is 13.1. The fourth-order valence-electron chi connectivity index (χ4n) is 2.72. The van der Waals surface area contributed by atoms with E-state index in [-0.39, 0.29) is 5.82 Å². The molecule has 2 rings (SSSR count). The van der Waals surface area contributed by atoms with Gasteiger partial charge in [-0.1, -0.05) is 13.3 Å². The number of aryl methyl sites for hydroxylation is 1. The van der Waals surface area contributed by atoms with E-state index in [2.05, 4.69) is 14.9 Å². The number of nitrogens with zero attached hydrogens (tertiary/aromatic N) is 4.